The molecule has 0 saturated heterocycles. The van der Waals surface area contributed by atoms with Crippen molar-refractivity contribution in [3.63, 3.8) is 0 Å². The molecule has 0 fully saturated rings. The highest BCUT2D eigenvalue weighted by Gasteiger charge is 2.40. The Kier molecular flexibility index (Phi) is 4.87. The van der Waals surface area contributed by atoms with E-state index in [-0.39, 0.29) is 16.7 Å². The number of fused-ring (bicyclic) bond motifs is 1. The molecular formula is C20H17F3O4. The van der Waals surface area contributed by atoms with Crippen LogP contribution in [0.2, 0.25) is 0 Å². The Labute approximate surface area is 153 Å². The lowest BCUT2D eigenvalue weighted by atomic mass is 10.1. The molecule has 0 bridgehead atoms. The molecule has 1 aromatic heterocycles. The minimum Gasteiger partial charge on any atom is -0.494 e. The van der Waals surface area contributed by atoms with Crippen molar-refractivity contribution in [2.75, 3.05) is 6.61 Å². The summed E-state index contributed by atoms with van der Waals surface area (Å²) in [4.78, 5) is 12.7. The quantitative estimate of drug-likeness (QED) is 0.591. The van der Waals surface area contributed by atoms with Gasteiger partial charge in [0.25, 0.3) is 5.76 Å². The van der Waals surface area contributed by atoms with Gasteiger partial charge in [0.15, 0.2) is 0 Å². The van der Waals surface area contributed by atoms with Crippen LogP contribution in [0.25, 0.3) is 11.0 Å². The van der Waals surface area contributed by atoms with Gasteiger partial charge in [-0.3, -0.25) is 4.79 Å². The molecule has 0 aliphatic heterocycles. The van der Waals surface area contributed by atoms with Crippen molar-refractivity contribution in [3.8, 4) is 17.2 Å². The minimum atomic E-state index is -4.90. The Hall–Kier alpha value is -2.96. The normalized spacial score (nSPS) is 11.6. The molecule has 0 spiro atoms. The van der Waals surface area contributed by atoms with E-state index >= 15 is 0 Å². The average Bonchev–Trinajstić information content (AvgIpc) is 2.59. The lowest BCUT2D eigenvalue weighted by Crippen LogP contribution is -2.15. The van der Waals surface area contributed by atoms with Gasteiger partial charge >= 0.3 is 6.18 Å². The molecular weight excluding hydrogens is 361 g/mol. The van der Waals surface area contributed by atoms with Gasteiger partial charge < -0.3 is 13.9 Å². The average molecular weight is 378 g/mol. The van der Waals surface area contributed by atoms with Gasteiger partial charge in [-0.1, -0.05) is 12.1 Å². The van der Waals surface area contributed by atoms with Crippen LogP contribution in [0, 0.1) is 13.8 Å². The second-order valence-electron chi connectivity index (χ2n) is 6.05. The lowest BCUT2D eigenvalue weighted by Gasteiger charge is -2.15. The fourth-order valence-corrected chi connectivity index (χ4v) is 2.62. The zero-order valence-electron chi connectivity index (χ0n) is 14.9. The number of rotatable bonds is 4. The van der Waals surface area contributed by atoms with Crippen molar-refractivity contribution < 1.29 is 27.1 Å². The molecule has 0 amide bonds. The molecule has 0 N–H and O–H groups in total. The van der Waals surface area contributed by atoms with Gasteiger partial charge in [-0.05, 0) is 50.1 Å². The maximum Gasteiger partial charge on any atom is 0.453 e. The predicted molar refractivity (Wildman–Crippen MR) is 94.6 cm³/mol. The van der Waals surface area contributed by atoms with E-state index in [0.29, 0.717) is 17.9 Å². The van der Waals surface area contributed by atoms with Crippen LogP contribution in [-0.4, -0.2) is 6.61 Å². The minimum absolute atomic E-state index is 0.0215. The standard InChI is InChI=1S/C20H17F3O4/c1-4-25-13-7-8-14-16(10-13)27-19(20(21,22)23)18(17(14)24)26-15-9-11(2)5-6-12(15)3/h5-10H,4H2,1-3H3. The fraction of sp³-hybridized carbons (Fsp3) is 0.250. The van der Waals surface area contributed by atoms with Gasteiger partial charge in [0, 0.05) is 6.07 Å². The monoisotopic (exact) mass is 378 g/mol. The van der Waals surface area contributed by atoms with Gasteiger partial charge in [0.1, 0.15) is 17.1 Å². The number of aryl methyl sites for hydroxylation is 2. The molecule has 142 valence electrons. The zero-order valence-corrected chi connectivity index (χ0v) is 14.9. The SMILES string of the molecule is CCOc1ccc2c(=O)c(Oc3cc(C)ccc3C)c(C(F)(F)F)oc2c1. The van der Waals surface area contributed by atoms with Crippen LogP contribution in [0.1, 0.15) is 23.8 Å². The molecule has 4 nitrogen and oxygen atoms in total. The van der Waals surface area contributed by atoms with E-state index in [4.69, 9.17) is 13.9 Å². The van der Waals surface area contributed by atoms with Crippen LogP contribution < -0.4 is 14.9 Å². The topological polar surface area (TPSA) is 48.7 Å². The maximum atomic E-state index is 13.5. The Morgan fingerprint density at radius 3 is 2.48 bits per heavy atom. The van der Waals surface area contributed by atoms with Crippen molar-refractivity contribution in [2.24, 2.45) is 0 Å². The molecule has 0 atom stereocenters. The first-order valence-corrected chi connectivity index (χ1v) is 8.26. The highest BCUT2D eigenvalue weighted by Crippen LogP contribution is 2.39. The fourth-order valence-electron chi connectivity index (χ4n) is 2.62. The number of halogens is 3. The van der Waals surface area contributed by atoms with E-state index in [1.807, 2.05) is 0 Å². The van der Waals surface area contributed by atoms with Gasteiger partial charge in [-0.15, -0.1) is 0 Å². The van der Waals surface area contributed by atoms with Gasteiger partial charge in [0.2, 0.25) is 11.2 Å². The van der Waals surface area contributed by atoms with E-state index in [0.717, 1.165) is 5.56 Å². The third-order valence-electron chi connectivity index (χ3n) is 3.95. The van der Waals surface area contributed by atoms with Crippen LogP contribution in [0.15, 0.2) is 45.6 Å². The number of hydrogen-bond acceptors (Lipinski definition) is 4. The number of benzene rings is 2. The summed E-state index contributed by atoms with van der Waals surface area (Å²) in [6, 6.07) is 9.19. The van der Waals surface area contributed by atoms with E-state index < -0.39 is 23.1 Å². The van der Waals surface area contributed by atoms with E-state index in [2.05, 4.69) is 0 Å². The summed E-state index contributed by atoms with van der Waals surface area (Å²) in [5, 5.41) is -0.0215. The van der Waals surface area contributed by atoms with Gasteiger partial charge in [-0.25, -0.2) is 0 Å². The molecule has 0 radical (unpaired) electrons. The molecule has 0 unspecified atom stereocenters. The van der Waals surface area contributed by atoms with Crippen molar-refractivity contribution in [1.82, 2.24) is 0 Å². The summed E-state index contributed by atoms with van der Waals surface area (Å²) >= 11 is 0. The van der Waals surface area contributed by atoms with Crippen molar-refractivity contribution in [3.05, 3.63) is 63.5 Å². The first-order chi connectivity index (χ1) is 12.7. The Morgan fingerprint density at radius 1 is 1.07 bits per heavy atom. The van der Waals surface area contributed by atoms with Crippen LogP contribution in [0.3, 0.4) is 0 Å². The van der Waals surface area contributed by atoms with Crippen molar-refractivity contribution in [1.29, 1.82) is 0 Å². The Balaban J connectivity index is 2.24. The maximum absolute atomic E-state index is 13.5. The first kappa shape index (κ1) is 18.8. The second-order valence-corrected chi connectivity index (χ2v) is 6.05. The van der Waals surface area contributed by atoms with Crippen LogP contribution in [-0.2, 0) is 6.18 Å². The molecule has 3 rings (SSSR count). The third kappa shape index (κ3) is 3.77. The van der Waals surface area contributed by atoms with Gasteiger partial charge in [-0.2, -0.15) is 13.2 Å². The Bertz CT molecular complexity index is 1050. The number of ether oxygens (including phenoxy) is 2. The van der Waals surface area contributed by atoms with Crippen molar-refractivity contribution >= 4 is 11.0 Å². The zero-order chi connectivity index (χ0) is 19.8. The summed E-state index contributed by atoms with van der Waals surface area (Å²) in [6.45, 7) is 5.52. The molecule has 0 aliphatic rings. The molecule has 27 heavy (non-hydrogen) atoms. The van der Waals surface area contributed by atoms with E-state index in [1.165, 1.54) is 18.2 Å². The number of hydrogen-bond donors (Lipinski definition) is 0. The highest BCUT2D eigenvalue weighted by atomic mass is 19.4. The van der Waals surface area contributed by atoms with E-state index in [9.17, 15) is 18.0 Å². The number of alkyl halides is 3. The largest absolute Gasteiger partial charge is 0.494 e. The summed E-state index contributed by atoms with van der Waals surface area (Å²) in [6.07, 6.45) is -4.90. The first-order valence-electron chi connectivity index (χ1n) is 8.26. The summed E-state index contributed by atoms with van der Waals surface area (Å²) < 4.78 is 56.3. The van der Waals surface area contributed by atoms with Gasteiger partial charge in [0.05, 0.1) is 12.0 Å². The third-order valence-corrected chi connectivity index (χ3v) is 3.95. The van der Waals surface area contributed by atoms with Crippen LogP contribution >= 0.6 is 0 Å². The molecule has 3 aromatic rings. The van der Waals surface area contributed by atoms with Crippen LogP contribution in [0.4, 0.5) is 13.2 Å². The molecule has 0 saturated carbocycles. The molecule has 0 aliphatic carbocycles. The van der Waals surface area contributed by atoms with Crippen LogP contribution in [0.5, 0.6) is 17.2 Å². The summed E-state index contributed by atoms with van der Waals surface area (Å²) in [7, 11) is 0. The smallest absolute Gasteiger partial charge is 0.453 e. The highest BCUT2D eigenvalue weighted by molar-refractivity contribution is 5.79. The lowest BCUT2D eigenvalue weighted by molar-refractivity contribution is -0.154. The van der Waals surface area contributed by atoms with E-state index in [1.54, 1.807) is 39.0 Å². The summed E-state index contributed by atoms with van der Waals surface area (Å²) in [5.41, 5.74) is 0.273. The Morgan fingerprint density at radius 2 is 1.81 bits per heavy atom. The molecule has 1 heterocycles. The molecule has 7 heteroatoms. The summed E-state index contributed by atoms with van der Waals surface area (Å²) in [5.74, 6) is -1.88. The van der Waals surface area contributed by atoms with Crippen molar-refractivity contribution in [2.45, 2.75) is 26.9 Å². The molecule has 2 aromatic carbocycles. The predicted octanol–water partition coefficient (Wildman–Crippen LogP) is 5.62. The second kappa shape index (κ2) is 6.98.